The van der Waals surface area contributed by atoms with Gasteiger partial charge in [-0.25, -0.2) is 4.98 Å². The molecule has 6 heteroatoms. The van der Waals surface area contributed by atoms with E-state index in [1.807, 2.05) is 47.6 Å². The molecule has 1 aliphatic rings. The zero-order valence-electron chi connectivity index (χ0n) is 15.5. The maximum atomic E-state index is 13.1. The first-order valence-electron chi connectivity index (χ1n) is 9.40. The van der Waals surface area contributed by atoms with Crippen molar-refractivity contribution in [3.63, 3.8) is 0 Å². The van der Waals surface area contributed by atoms with Gasteiger partial charge in [0.25, 0.3) is 5.91 Å². The molecule has 0 saturated carbocycles. The molecule has 1 amide bonds. The van der Waals surface area contributed by atoms with Crippen molar-refractivity contribution in [2.45, 2.75) is 25.3 Å². The van der Waals surface area contributed by atoms with E-state index in [0.29, 0.717) is 18.7 Å². The Labute approximate surface area is 158 Å². The van der Waals surface area contributed by atoms with Crippen LogP contribution in [0.15, 0.2) is 48.9 Å². The van der Waals surface area contributed by atoms with Crippen LogP contribution in [0, 0.1) is 0 Å². The molecule has 0 bridgehead atoms. The summed E-state index contributed by atoms with van der Waals surface area (Å²) in [6.45, 7) is 2.91. The molecular weight excluding hydrogens is 340 g/mol. The lowest BCUT2D eigenvalue weighted by molar-refractivity contribution is 0.0702. The number of carbonyl (C=O) groups is 1. The molecular formula is C21H24N4O2. The van der Waals surface area contributed by atoms with Crippen LogP contribution >= 0.6 is 0 Å². The minimum absolute atomic E-state index is 0.0490. The number of methoxy groups -OCH3 is 1. The van der Waals surface area contributed by atoms with Gasteiger partial charge in [0, 0.05) is 56.6 Å². The maximum absolute atomic E-state index is 13.1. The average molecular weight is 364 g/mol. The summed E-state index contributed by atoms with van der Waals surface area (Å²) >= 11 is 0. The lowest BCUT2D eigenvalue weighted by Gasteiger charge is -2.32. The minimum atomic E-state index is 0.0490. The average Bonchev–Trinajstić information content (AvgIpc) is 3.20. The van der Waals surface area contributed by atoms with Gasteiger partial charge in [-0.3, -0.25) is 9.78 Å². The van der Waals surface area contributed by atoms with E-state index in [0.717, 1.165) is 42.7 Å². The van der Waals surface area contributed by atoms with Crippen LogP contribution in [0.3, 0.4) is 0 Å². The number of hydrogen-bond acceptors (Lipinski definition) is 4. The van der Waals surface area contributed by atoms with Gasteiger partial charge in [0.1, 0.15) is 5.82 Å². The number of para-hydroxylation sites is 1. The first-order chi connectivity index (χ1) is 13.3. The number of aromatic nitrogens is 3. The Hall–Kier alpha value is -2.73. The van der Waals surface area contributed by atoms with Crippen molar-refractivity contribution >= 4 is 16.8 Å². The van der Waals surface area contributed by atoms with Gasteiger partial charge in [-0.05, 0) is 25.0 Å². The number of imidazole rings is 1. The van der Waals surface area contributed by atoms with Crippen molar-refractivity contribution < 1.29 is 9.53 Å². The van der Waals surface area contributed by atoms with Crippen molar-refractivity contribution in [3.05, 3.63) is 60.3 Å². The highest BCUT2D eigenvalue weighted by Crippen LogP contribution is 2.27. The van der Waals surface area contributed by atoms with Crippen LogP contribution in [-0.2, 0) is 11.3 Å². The van der Waals surface area contributed by atoms with E-state index in [1.165, 1.54) is 0 Å². The van der Waals surface area contributed by atoms with Crippen LogP contribution in [-0.4, -0.2) is 52.1 Å². The monoisotopic (exact) mass is 364 g/mol. The van der Waals surface area contributed by atoms with Crippen molar-refractivity contribution in [1.82, 2.24) is 19.4 Å². The quantitative estimate of drug-likeness (QED) is 0.698. The number of nitrogens with zero attached hydrogens (tertiary/aromatic N) is 4. The highest BCUT2D eigenvalue weighted by molar-refractivity contribution is 5.97. The van der Waals surface area contributed by atoms with Gasteiger partial charge in [0.15, 0.2) is 0 Å². The van der Waals surface area contributed by atoms with E-state index < -0.39 is 0 Å². The number of rotatable bonds is 5. The third-order valence-corrected chi connectivity index (χ3v) is 5.20. The van der Waals surface area contributed by atoms with Gasteiger partial charge in [0.05, 0.1) is 17.7 Å². The molecule has 0 unspecified atom stereocenters. The number of fused-ring (bicyclic) bond motifs is 1. The van der Waals surface area contributed by atoms with Gasteiger partial charge < -0.3 is 14.2 Å². The molecule has 0 spiro atoms. The van der Waals surface area contributed by atoms with Crippen LogP contribution in [0.4, 0.5) is 0 Å². The van der Waals surface area contributed by atoms with Crippen molar-refractivity contribution in [2.24, 2.45) is 0 Å². The largest absolute Gasteiger partial charge is 0.383 e. The first-order valence-corrected chi connectivity index (χ1v) is 9.40. The van der Waals surface area contributed by atoms with Crippen molar-refractivity contribution in [1.29, 1.82) is 0 Å². The molecule has 6 nitrogen and oxygen atoms in total. The molecule has 3 aromatic rings. The Balaban J connectivity index is 1.52. The lowest BCUT2D eigenvalue weighted by Crippen LogP contribution is -2.39. The smallest absolute Gasteiger partial charge is 0.255 e. The fourth-order valence-electron chi connectivity index (χ4n) is 3.80. The Morgan fingerprint density at radius 1 is 1.30 bits per heavy atom. The molecule has 140 valence electrons. The van der Waals surface area contributed by atoms with E-state index >= 15 is 0 Å². The fourth-order valence-corrected chi connectivity index (χ4v) is 3.80. The molecule has 1 aliphatic heterocycles. The number of pyridine rings is 1. The molecule has 27 heavy (non-hydrogen) atoms. The third-order valence-electron chi connectivity index (χ3n) is 5.20. The van der Waals surface area contributed by atoms with E-state index in [9.17, 15) is 4.79 Å². The number of piperidine rings is 1. The molecule has 1 atom stereocenters. The van der Waals surface area contributed by atoms with Gasteiger partial charge >= 0.3 is 0 Å². The first kappa shape index (κ1) is 17.7. The highest BCUT2D eigenvalue weighted by atomic mass is 16.5. The molecule has 1 aromatic carbocycles. The zero-order valence-corrected chi connectivity index (χ0v) is 15.5. The van der Waals surface area contributed by atoms with Gasteiger partial charge in [-0.15, -0.1) is 0 Å². The van der Waals surface area contributed by atoms with E-state index in [1.54, 1.807) is 13.3 Å². The molecule has 0 aliphatic carbocycles. The van der Waals surface area contributed by atoms with E-state index in [4.69, 9.17) is 4.74 Å². The summed E-state index contributed by atoms with van der Waals surface area (Å²) in [5, 5.41) is 0.993. The molecule has 0 radical (unpaired) electrons. The van der Waals surface area contributed by atoms with Gasteiger partial charge in [-0.2, -0.15) is 0 Å². The highest BCUT2D eigenvalue weighted by Gasteiger charge is 2.28. The SMILES string of the molecule is COCCn1ccnc1[C@H]1CCCN(C(=O)c2cnc3ccccc3c2)C1. The number of likely N-dealkylation sites (tertiary alicyclic amines) is 1. The van der Waals surface area contributed by atoms with Gasteiger partial charge in [0.2, 0.25) is 0 Å². The Kier molecular flexibility index (Phi) is 5.16. The second-order valence-electron chi connectivity index (χ2n) is 6.98. The molecule has 0 N–H and O–H groups in total. The predicted octanol–water partition coefficient (Wildman–Crippen LogP) is 3.10. The Morgan fingerprint density at radius 3 is 3.07 bits per heavy atom. The standard InChI is InChI=1S/C21H24N4O2/c1-27-12-11-24-10-8-22-20(24)17-6-4-9-25(15-17)21(26)18-13-16-5-2-3-7-19(16)23-14-18/h2-3,5,7-8,10,13-14,17H,4,6,9,11-12,15H2,1H3/t17-/m0/s1. The second kappa shape index (κ2) is 7.88. The fraction of sp³-hybridized carbons (Fsp3) is 0.381. The summed E-state index contributed by atoms with van der Waals surface area (Å²) in [6.07, 6.45) is 7.54. The third kappa shape index (κ3) is 3.71. The number of carbonyl (C=O) groups excluding carboxylic acids is 1. The maximum Gasteiger partial charge on any atom is 0.255 e. The summed E-state index contributed by atoms with van der Waals surface area (Å²) in [5.74, 6) is 1.34. The summed E-state index contributed by atoms with van der Waals surface area (Å²) in [5.41, 5.74) is 1.56. The van der Waals surface area contributed by atoms with Crippen LogP contribution in [0.1, 0.15) is 34.9 Å². The van der Waals surface area contributed by atoms with E-state index in [2.05, 4.69) is 14.5 Å². The number of benzene rings is 1. The molecule has 1 fully saturated rings. The van der Waals surface area contributed by atoms with Crippen molar-refractivity contribution in [3.8, 4) is 0 Å². The number of ether oxygens (including phenoxy) is 1. The Bertz CT molecular complexity index is 937. The van der Waals surface area contributed by atoms with Crippen molar-refractivity contribution in [2.75, 3.05) is 26.8 Å². The molecule has 3 heterocycles. The van der Waals surface area contributed by atoms with E-state index in [-0.39, 0.29) is 11.8 Å². The topological polar surface area (TPSA) is 60.2 Å². The van der Waals surface area contributed by atoms with Crippen LogP contribution in [0.5, 0.6) is 0 Å². The summed E-state index contributed by atoms with van der Waals surface area (Å²) < 4.78 is 7.33. The zero-order chi connectivity index (χ0) is 18.6. The van der Waals surface area contributed by atoms with Crippen LogP contribution < -0.4 is 0 Å². The lowest BCUT2D eigenvalue weighted by atomic mass is 9.96. The minimum Gasteiger partial charge on any atom is -0.383 e. The van der Waals surface area contributed by atoms with Gasteiger partial charge in [-0.1, -0.05) is 18.2 Å². The molecule has 1 saturated heterocycles. The molecule has 4 rings (SSSR count). The Morgan fingerprint density at radius 2 is 2.19 bits per heavy atom. The number of amides is 1. The van der Waals surface area contributed by atoms with Crippen LogP contribution in [0.25, 0.3) is 10.9 Å². The summed E-state index contributed by atoms with van der Waals surface area (Å²) in [7, 11) is 1.70. The summed E-state index contributed by atoms with van der Waals surface area (Å²) in [6, 6.07) is 9.81. The van der Waals surface area contributed by atoms with Crippen LogP contribution in [0.2, 0.25) is 0 Å². The normalized spacial score (nSPS) is 17.4. The molecule has 2 aromatic heterocycles. The summed E-state index contributed by atoms with van der Waals surface area (Å²) in [4.78, 5) is 24.0. The number of hydrogen-bond donors (Lipinski definition) is 0. The second-order valence-corrected chi connectivity index (χ2v) is 6.98. The predicted molar refractivity (Wildman–Crippen MR) is 104 cm³/mol.